The van der Waals surface area contributed by atoms with Gasteiger partial charge in [-0.1, -0.05) is 127 Å². The summed E-state index contributed by atoms with van der Waals surface area (Å²) >= 11 is 0. The molecule has 0 unspecified atom stereocenters. The lowest BCUT2D eigenvalue weighted by molar-refractivity contribution is 0.202. The number of aliphatic hydroxyl groups excluding tert-OH is 1. The van der Waals surface area contributed by atoms with Crippen LogP contribution >= 0.6 is 0 Å². The summed E-state index contributed by atoms with van der Waals surface area (Å²) in [5, 5.41) is 9.42. The Morgan fingerprint density at radius 3 is 1.73 bits per heavy atom. The SMILES string of the molecule is OCCOc1ccc(-c2ccc3c(c2-c2ccccc2)Cc2c(-c4ccccc4)cccc2-3)cc1-c1ccccc1. The van der Waals surface area contributed by atoms with E-state index in [2.05, 4.69) is 115 Å². The van der Waals surface area contributed by atoms with E-state index in [1.54, 1.807) is 0 Å². The van der Waals surface area contributed by atoms with Crippen LogP contribution in [0.25, 0.3) is 55.6 Å². The first-order valence-corrected chi connectivity index (χ1v) is 14.1. The van der Waals surface area contributed by atoms with E-state index < -0.39 is 0 Å². The fourth-order valence-corrected chi connectivity index (χ4v) is 6.18. The highest BCUT2D eigenvalue weighted by molar-refractivity contribution is 5.96. The zero-order valence-corrected chi connectivity index (χ0v) is 22.8. The molecule has 1 aliphatic rings. The molecule has 2 nitrogen and oxygen atoms in total. The minimum absolute atomic E-state index is 0.0233. The molecule has 0 spiro atoms. The van der Waals surface area contributed by atoms with Crippen molar-refractivity contribution in [2.75, 3.05) is 13.2 Å². The molecule has 0 heterocycles. The van der Waals surface area contributed by atoms with Gasteiger partial charge >= 0.3 is 0 Å². The molecule has 0 fully saturated rings. The van der Waals surface area contributed by atoms with Crippen molar-refractivity contribution in [3.05, 3.63) is 151 Å². The summed E-state index contributed by atoms with van der Waals surface area (Å²) in [5.74, 6) is 0.774. The molecular weight excluding hydrogens is 500 g/mol. The highest BCUT2D eigenvalue weighted by Crippen LogP contribution is 2.49. The largest absolute Gasteiger partial charge is 0.491 e. The molecule has 41 heavy (non-hydrogen) atoms. The third kappa shape index (κ3) is 4.63. The zero-order valence-electron chi connectivity index (χ0n) is 22.8. The summed E-state index contributed by atoms with van der Waals surface area (Å²) < 4.78 is 5.97. The Hall–Kier alpha value is -4.92. The molecule has 1 aliphatic carbocycles. The van der Waals surface area contributed by atoms with E-state index in [9.17, 15) is 5.11 Å². The Morgan fingerprint density at radius 2 is 1.05 bits per heavy atom. The first-order chi connectivity index (χ1) is 20.3. The predicted molar refractivity (Wildman–Crippen MR) is 169 cm³/mol. The van der Waals surface area contributed by atoms with Crippen LogP contribution in [0.5, 0.6) is 5.75 Å². The van der Waals surface area contributed by atoms with Gasteiger partial charge < -0.3 is 9.84 Å². The number of benzene rings is 6. The molecule has 0 amide bonds. The standard InChI is InChI=1S/C39H30O2/c40-23-24-41-38-22-19-30(25-35(38)28-13-6-2-7-14-28)32-20-21-34-33-18-10-17-31(27-11-4-1-5-12-27)36(33)26-37(34)39(32)29-15-8-3-9-16-29/h1-22,25,40H,23-24,26H2. The van der Waals surface area contributed by atoms with Crippen molar-refractivity contribution < 1.29 is 9.84 Å². The molecule has 2 heteroatoms. The second-order valence-electron chi connectivity index (χ2n) is 10.4. The average Bonchev–Trinajstić information content (AvgIpc) is 3.43. The van der Waals surface area contributed by atoms with Gasteiger partial charge in [-0.15, -0.1) is 0 Å². The molecular formula is C39H30O2. The molecule has 1 N–H and O–H groups in total. The minimum atomic E-state index is -0.0233. The smallest absolute Gasteiger partial charge is 0.127 e. The van der Waals surface area contributed by atoms with Crippen LogP contribution in [-0.4, -0.2) is 18.3 Å². The topological polar surface area (TPSA) is 29.5 Å². The summed E-state index contributed by atoms with van der Waals surface area (Å²) in [7, 11) is 0. The minimum Gasteiger partial charge on any atom is -0.491 e. The maximum atomic E-state index is 9.42. The van der Waals surface area contributed by atoms with Crippen molar-refractivity contribution in [2.45, 2.75) is 6.42 Å². The second-order valence-corrected chi connectivity index (χ2v) is 10.4. The highest BCUT2D eigenvalue weighted by Gasteiger charge is 2.26. The number of hydrogen-bond acceptors (Lipinski definition) is 2. The molecule has 198 valence electrons. The lowest BCUT2D eigenvalue weighted by Crippen LogP contribution is -2.03. The van der Waals surface area contributed by atoms with Gasteiger partial charge in [0.1, 0.15) is 12.4 Å². The van der Waals surface area contributed by atoms with Gasteiger partial charge in [0, 0.05) is 5.56 Å². The molecule has 0 saturated carbocycles. The maximum absolute atomic E-state index is 9.42. The van der Waals surface area contributed by atoms with Crippen LogP contribution in [0, 0.1) is 0 Å². The number of hydrogen-bond donors (Lipinski definition) is 1. The van der Waals surface area contributed by atoms with Gasteiger partial charge in [0.2, 0.25) is 0 Å². The van der Waals surface area contributed by atoms with Gasteiger partial charge in [-0.25, -0.2) is 0 Å². The quantitative estimate of drug-likeness (QED) is 0.222. The lowest BCUT2D eigenvalue weighted by Gasteiger charge is -2.18. The molecule has 7 rings (SSSR count). The van der Waals surface area contributed by atoms with E-state index >= 15 is 0 Å². The summed E-state index contributed by atoms with van der Waals surface area (Å²) in [5.41, 5.74) is 14.9. The van der Waals surface area contributed by atoms with E-state index in [1.165, 1.54) is 50.1 Å². The molecule has 0 aromatic heterocycles. The molecule has 0 atom stereocenters. The van der Waals surface area contributed by atoms with Crippen molar-refractivity contribution in [1.29, 1.82) is 0 Å². The van der Waals surface area contributed by atoms with Crippen molar-refractivity contribution in [2.24, 2.45) is 0 Å². The van der Waals surface area contributed by atoms with Gasteiger partial charge in [-0.05, 0) is 79.8 Å². The second kappa shape index (κ2) is 10.9. The van der Waals surface area contributed by atoms with Crippen LogP contribution in [0.4, 0.5) is 0 Å². The Kier molecular flexibility index (Phi) is 6.68. The number of aliphatic hydroxyl groups is 1. The number of fused-ring (bicyclic) bond motifs is 3. The first-order valence-electron chi connectivity index (χ1n) is 14.1. The fraction of sp³-hybridized carbons (Fsp3) is 0.0769. The Labute approximate surface area is 241 Å². The van der Waals surface area contributed by atoms with E-state index in [4.69, 9.17) is 4.74 Å². The van der Waals surface area contributed by atoms with Crippen LogP contribution in [0.1, 0.15) is 11.1 Å². The van der Waals surface area contributed by atoms with Crippen molar-refractivity contribution in [1.82, 2.24) is 0 Å². The van der Waals surface area contributed by atoms with Gasteiger partial charge in [0.25, 0.3) is 0 Å². The highest BCUT2D eigenvalue weighted by atomic mass is 16.5. The van der Waals surface area contributed by atoms with Crippen LogP contribution < -0.4 is 4.74 Å². The monoisotopic (exact) mass is 530 g/mol. The lowest BCUT2D eigenvalue weighted by atomic mass is 9.87. The molecule has 0 bridgehead atoms. The number of ether oxygens (including phenoxy) is 1. The van der Waals surface area contributed by atoms with Crippen LogP contribution in [0.15, 0.2) is 140 Å². The summed E-state index contributed by atoms with van der Waals surface area (Å²) in [6.07, 6.45) is 0.886. The summed E-state index contributed by atoms with van der Waals surface area (Å²) in [6, 6.07) is 49.5. The van der Waals surface area contributed by atoms with Crippen molar-refractivity contribution in [3.63, 3.8) is 0 Å². The van der Waals surface area contributed by atoms with E-state index in [1.807, 2.05) is 24.3 Å². The van der Waals surface area contributed by atoms with E-state index in [0.29, 0.717) is 0 Å². The van der Waals surface area contributed by atoms with E-state index in [-0.39, 0.29) is 13.2 Å². The van der Waals surface area contributed by atoms with Gasteiger partial charge in [-0.2, -0.15) is 0 Å². The predicted octanol–water partition coefficient (Wildman–Crippen LogP) is 9.30. The van der Waals surface area contributed by atoms with Gasteiger partial charge in [-0.3, -0.25) is 0 Å². The molecule has 0 aliphatic heterocycles. The summed E-state index contributed by atoms with van der Waals surface area (Å²) in [6.45, 7) is 0.236. The Morgan fingerprint density at radius 1 is 0.463 bits per heavy atom. The number of rotatable bonds is 7. The molecule has 6 aromatic rings. The van der Waals surface area contributed by atoms with Crippen LogP contribution in [0.2, 0.25) is 0 Å². The molecule has 0 radical (unpaired) electrons. The first kappa shape index (κ1) is 25.1. The average molecular weight is 531 g/mol. The molecule has 6 aromatic carbocycles. The van der Waals surface area contributed by atoms with Gasteiger partial charge in [0.15, 0.2) is 0 Å². The third-order valence-electron chi connectivity index (χ3n) is 8.00. The Balaban J connectivity index is 1.42. The van der Waals surface area contributed by atoms with Crippen molar-refractivity contribution >= 4 is 0 Å². The van der Waals surface area contributed by atoms with Crippen LogP contribution in [0.3, 0.4) is 0 Å². The van der Waals surface area contributed by atoms with Crippen LogP contribution in [-0.2, 0) is 6.42 Å². The van der Waals surface area contributed by atoms with Gasteiger partial charge in [0.05, 0.1) is 6.61 Å². The summed E-state index contributed by atoms with van der Waals surface area (Å²) in [4.78, 5) is 0. The van der Waals surface area contributed by atoms with E-state index in [0.717, 1.165) is 28.9 Å². The third-order valence-corrected chi connectivity index (χ3v) is 8.00. The normalized spacial score (nSPS) is 11.6. The molecule has 0 saturated heterocycles. The maximum Gasteiger partial charge on any atom is 0.127 e. The van der Waals surface area contributed by atoms with Crippen molar-refractivity contribution in [3.8, 4) is 61.4 Å². The Bertz CT molecular complexity index is 1820. The fourth-order valence-electron chi connectivity index (χ4n) is 6.18. The zero-order chi connectivity index (χ0) is 27.6.